The predicted molar refractivity (Wildman–Crippen MR) is 88.5 cm³/mol. The molecule has 1 aliphatic carbocycles. The Morgan fingerprint density at radius 2 is 1.95 bits per heavy atom. The van der Waals surface area contributed by atoms with Crippen LogP contribution in [0.2, 0.25) is 0 Å². The first kappa shape index (κ1) is 15.7. The van der Waals surface area contributed by atoms with Gasteiger partial charge in [-0.15, -0.1) is 0 Å². The van der Waals surface area contributed by atoms with Gasteiger partial charge in [0.2, 0.25) is 0 Å². The van der Waals surface area contributed by atoms with Gasteiger partial charge in [0.25, 0.3) is 5.91 Å². The van der Waals surface area contributed by atoms with Crippen molar-refractivity contribution < 1.29 is 4.79 Å². The first-order valence-electron chi connectivity index (χ1n) is 7.86. The molecule has 0 bridgehead atoms. The number of nitrogen functional groups attached to an aromatic ring is 1. The van der Waals surface area contributed by atoms with Crippen molar-refractivity contribution in [3.05, 3.63) is 23.8 Å². The highest BCUT2D eigenvalue weighted by molar-refractivity contribution is 6.00. The quantitative estimate of drug-likeness (QED) is 0.662. The summed E-state index contributed by atoms with van der Waals surface area (Å²) in [6.45, 7) is 2.29. The standard InChI is InChI=1S/C17H27N3O/c1-12-7-5-4-6-8-15(12)19-16-11-13(18)9-10-14(16)17(21)20(2)3/h9-12,15,19H,4-8,18H2,1-3H3. The zero-order chi connectivity index (χ0) is 15.4. The van der Waals surface area contributed by atoms with E-state index in [0.29, 0.717) is 23.2 Å². The number of rotatable bonds is 3. The molecule has 1 aromatic carbocycles. The number of hydrogen-bond donors (Lipinski definition) is 2. The van der Waals surface area contributed by atoms with Crippen molar-refractivity contribution in [1.29, 1.82) is 0 Å². The zero-order valence-electron chi connectivity index (χ0n) is 13.4. The molecule has 0 heterocycles. The Morgan fingerprint density at radius 3 is 2.67 bits per heavy atom. The second kappa shape index (κ2) is 6.83. The Bertz CT molecular complexity index is 499. The number of carbonyl (C=O) groups excluding carboxylic acids is 1. The van der Waals surface area contributed by atoms with Gasteiger partial charge >= 0.3 is 0 Å². The number of anilines is 2. The minimum absolute atomic E-state index is 0.0128. The van der Waals surface area contributed by atoms with Crippen LogP contribution in [0.4, 0.5) is 11.4 Å². The number of hydrogen-bond acceptors (Lipinski definition) is 3. The molecule has 21 heavy (non-hydrogen) atoms. The molecule has 3 N–H and O–H groups in total. The van der Waals surface area contributed by atoms with Gasteiger partial charge in [0.15, 0.2) is 0 Å². The second-order valence-corrected chi connectivity index (χ2v) is 6.37. The van der Waals surface area contributed by atoms with Gasteiger partial charge in [-0.3, -0.25) is 4.79 Å². The molecule has 2 rings (SSSR count). The molecule has 1 aliphatic rings. The van der Waals surface area contributed by atoms with Gasteiger partial charge in [-0.25, -0.2) is 0 Å². The number of amides is 1. The zero-order valence-corrected chi connectivity index (χ0v) is 13.4. The highest BCUT2D eigenvalue weighted by atomic mass is 16.2. The first-order chi connectivity index (χ1) is 9.99. The van der Waals surface area contributed by atoms with Gasteiger partial charge in [0.05, 0.1) is 5.56 Å². The third kappa shape index (κ3) is 3.90. The van der Waals surface area contributed by atoms with Crippen LogP contribution in [0.1, 0.15) is 49.4 Å². The summed E-state index contributed by atoms with van der Waals surface area (Å²) in [5.41, 5.74) is 8.17. The summed E-state index contributed by atoms with van der Waals surface area (Å²) >= 11 is 0. The number of benzene rings is 1. The molecule has 0 aliphatic heterocycles. The van der Waals surface area contributed by atoms with Crippen molar-refractivity contribution >= 4 is 17.3 Å². The lowest BCUT2D eigenvalue weighted by molar-refractivity contribution is 0.0828. The maximum atomic E-state index is 12.3. The highest BCUT2D eigenvalue weighted by Crippen LogP contribution is 2.28. The molecule has 4 nitrogen and oxygen atoms in total. The fourth-order valence-electron chi connectivity index (χ4n) is 3.02. The third-order valence-electron chi connectivity index (χ3n) is 4.38. The van der Waals surface area contributed by atoms with Crippen LogP contribution in [0.3, 0.4) is 0 Å². The molecule has 0 saturated heterocycles. The summed E-state index contributed by atoms with van der Waals surface area (Å²) in [6, 6.07) is 5.91. The summed E-state index contributed by atoms with van der Waals surface area (Å²) in [4.78, 5) is 13.9. The van der Waals surface area contributed by atoms with Crippen molar-refractivity contribution in [3.63, 3.8) is 0 Å². The molecular weight excluding hydrogens is 262 g/mol. The lowest BCUT2D eigenvalue weighted by Crippen LogP contribution is -2.29. The van der Waals surface area contributed by atoms with Gasteiger partial charge in [-0.05, 0) is 37.0 Å². The van der Waals surface area contributed by atoms with Gasteiger partial charge in [0, 0.05) is 31.5 Å². The average molecular weight is 289 g/mol. The van der Waals surface area contributed by atoms with Crippen molar-refractivity contribution in [2.24, 2.45) is 5.92 Å². The van der Waals surface area contributed by atoms with E-state index in [0.717, 1.165) is 12.1 Å². The number of nitrogens with one attached hydrogen (secondary N) is 1. The molecule has 0 aromatic heterocycles. The summed E-state index contributed by atoms with van der Waals surface area (Å²) in [6.07, 6.45) is 6.27. The molecule has 1 amide bonds. The topological polar surface area (TPSA) is 58.4 Å². The molecule has 2 atom stereocenters. The Hall–Kier alpha value is -1.71. The molecule has 1 fully saturated rings. The van der Waals surface area contributed by atoms with E-state index < -0.39 is 0 Å². The maximum Gasteiger partial charge on any atom is 0.255 e. The molecule has 0 spiro atoms. The van der Waals surface area contributed by atoms with E-state index in [4.69, 9.17) is 5.73 Å². The monoisotopic (exact) mass is 289 g/mol. The van der Waals surface area contributed by atoms with Crippen LogP contribution in [0.5, 0.6) is 0 Å². The number of nitrogens with two attached hydrogens (primary N) is 1. The van der Waals surface area contributed by atoms with Gasteiger partial charge in [-0.1, -0.05) is 26.2 Å². The van der Waals surface area contributed by atoms with E-state index in [1.54, 1.807) is 25.1 Å². The molecular formula is C17H27N3O. The van der Waals surface area contributed by atoms with Crippen molar-refractivity contribution in [3.8, 4) is 0 Å². The van der Waals surface area contributed by atoms with Crippen molar-refractivity contribution in [2.45, 2.75) is 45.1 Å². The largest absolute Gasteiger partial charge is 0.399 e. The van der Waals surface area contributed by atoms with Crippen LogP contribution < -0.4 is 11.1 Å². The molecule has 116 valence electrons. The summed E-state index contributed by atoms with van der Waals surface area (Å²) in [5.74, 6) is 0.634. The number of nitrogens with zero attached hydrogens (tertiary/aromatic N) is 1. The fourth-order valence-corrected chi connectivity index (χ4v) is 3.02. The summed E-state index contributed by atoms with van der Waals surface area (Å²) in [7, 11) is 3.55. The highest BCUT2D eigenvalue weighted by Gasteiger charge is 2.22. The average Bonchev–Trinajstić information content (AvgIpc) is 2.64. The summed E-state index contributed by atoms with van der Waals surface area (Å²) in [5, 5.41) is 3.59. The normalized spacial score (nSPS) is 22.4. The van der Waals surface area contributed by atoms with Crippen LogP contribution in [-0.2, 0) is 0 Å². The third-order valence-corrected chi connectivity index (χ3v) is 4.38. The van der Waals surface area contributed by atoms with E-state index >= 15 is 0 Å². The second-order valence-electron chi connectivity index (χ2n) is 6.37. The number of carbonyl (C=O) groups is 1. The predicted octanol–water partition coefficient (Wildman–Crippen LogP) is 3.35. The Morgan fingerprint density at radius 1 is 1.24 bits per heavy atom. The first-order valence-corrected chi connectivity index (χ1v) is 7.86. The van der Waals surface area contributed by atoms with Crippen LogP contribution in [0.25, 0.3) is 0 Å². The fraction of sp³-hybridized carbons (Fsp3) is 0.588. The molecule has 2 unspecified atom stereocenters. The lowest BCUT2D eigenvalue weighted by Gasteiger charge is -2.26. The molecule has 0 radical (unpaired) electrons. The van der Waals surface area contributed by atoms with E-state index in [2.05, 4.69) is 12.2 Å². The molecule has 4 heteroatoms. The molecule has 1 saturated carbocycles. The van der Waals surface area contributed by atoms with Gasteiger partial charge in [0.1, 0.15) is 0 Å². The van der Waals surface area contributed by atoms with E-state index in [-0.39, 0.29) is 5.91 Å². The summed E-state index contributed by atoms with van der Waals surface area (Å²) < 4.78 is 0. The van der Waals surface area contributed by atoms with E-state index in [1.165, 1.54) is 25.7 Å². The minimum Gasteiger partial charge on any atom is -0.399 e. The smallest absolute Gasteiger partial charge is 0.255 e. The van der Waals surface area contributed by atoms with Gasteiger partial charge in [-0.2, -0.15) is 0 Å². The Labute approximate surface area is 127 Å². The lowest BCUT2D eigenvalue weighted by atomic mass is 9.96. The SMILES string of the molecule is CC1CCCCCC1Nc1cc(N)ccc1C(=O)N(C)C. The van der Waals surface area contributed by atoms with Crippen LogP contribution in [-0.4, -0.2) is 30.9 Å². The molecule has 1 aromatic rings. The van der Waals surface area contributed by atoms with Crippen LogP contribution >= 0.6 is 0 Å². The van der Waals surface area contributed by atoms with Crippen molar-refractivity contribution in [1.82, 2.24) is 4.90 Å². The minimum atomic E-state index is 0.0128. The van der Waals surface area contributed by atoms with E-state index in [9.17, 15) is 4.79 Å². The Balaban J connectivity index is 2.25. The van der Waals surface area contributed by atoms with Crippen LogP contribution in [0.15, 0.2) is 18.2 Å². The van der Waals surface area contributed by atoms with Crippen LogP contribution in [0, 0.1) is 5.92 Å². The maximum absolute atomic E-state index is 12.3. The van der Waals surface area contributed by atoms with Crippen molar-refractivity contribution in [2.75, 3.05) is 25.1 Å². The van der Waals surface area contributed by atoms with E-state index in [1.807, 2.05) is 12.1 Å². The Kier molecular flexibility index (Phi) is 5.10. The van der Waals surface area contributed by atoms with Gasteiger partial charge < -0.3 is 16.0 Å².